The second kappa shape index (κ2) is 3.48. The molecule has 3 rings (SSSR count). The molecule has 0 radical (unpaired) electrons. The van der Waals surface area contributed by atoms with Crippen LogP contribution in [0.1, 0.15) is 32.1 Å². The number of hydrogen-bond acceptors (Lipinski definition) is 1. The van der Waals surface area contributed by atoms with Crippen LogP contribution in [0.2, 0.25) is 0 Å². The van der Waals surface area contributed by atoms with Gasteiger partial charge in [-0.2, -0.15) is 0 Å². The van der Waals surface area contributed by atoms with E-state index in [1.165, 1.54) is 45.2 Å². The second-order valence-electron chi connectivity index (χ2n) is 5.62. The van der Waals surface area contributed by atoms with Gasteiger partial charge in [0, 0.05) is 0 Å². The Bertz CT molecular complexity index is 305. The number of allylic oxidation sites excluding steroid dienone is 4. The zero-order chi connectivity index (χ0) is 10.3. The van der Waals surface area contributed by atoms with Gasteiger partial charge in [0.15, 0.2) is 0 Å². The van der Waals surface area contributed by atoms with E-state index in [0.29, 0.717) is 5.41 Å². The van der Waals surface area contributed by atoms with E-state index in [2.05, 4.69) is 30.2 Å². The normalized spacial score (nSPS) is 34.2. The molecular formula is C14H21N. The highest BCUT2D eigenvalue weighted by Gasteiger charge is 2.46. The van der Waals surface area contributed by atoms with Crippen LogP contribution in [0, 0.1) is 11.3 Å². The third-order valence-electron chi connectivity index (χ3n) is 4.90. The molecule has 1 saturated carbocycles. The molecule has 82 valence electrons. The SMILES string of the molecule is CN1CCC2(CCC3=CC=CCC32)CC1. The van der Waals surface area contributed by atoms with E-state index in [9.17, 15) is 0 Å². The van der Waals surface area contributed by atoms with Crippen molar-refractivity contribution >= 4 is 0 Å². The average molecular weight is 203 g/mol. The Kier molecular flexibility index (Phi) is 2.24. The lowest BCUT2D eigenvalue weighted by Gasteiger charge is -2.42. The smallest absolute Gasteiger partial charge is 0.00163 e. The maximum absolute atomic E-state index is 2.49. The lowest BCUT2D eigenvalue weighted by molar-refractivity contribution is 0.0902. The van der Waals surface area contributed by atoms with Gasteiger partial charge in [-0.1, -0.05) is 23.8 Å². The minimum atomic E-state index is 0.684. The van der Waals surface area contributed by atoms with Gasteiger partial charge in [0.1, 0.15) is 0 Å². The minimum Gasteiger partial charge on any atom is -0.306 e. The summed E-state index contributed by atoms with van der Waals surface area (Å²) >= 11 is 0. The molecule has 1 heteroatoms. The van der Waals surface area contributed by atoms with Crippen molar-refractivity contribution in [1.29, 1.82) is 0 Å². The van der Waals surface area contributed by atoms with Gasteiger partial charge in [-0.05, 0) is 63.6 Å². The van der Waals surface area contributed by atoms with Crippen LogP contribution in [0.25, 0.3) is 0 Å². The van der Waals surface area contributed by atoms with Crippen LogP contribution in [-0.4, -0.2) is 25.0 Å². The van der Waals surface area contributed by atoms with Crippen molar-refractivity contribution in [3.63, 3.8) is 0 Å². The van der Waals surface area contributed by atoms with Crippen LogP contribution < -0.4 is 0 Å². The molecule has 2 aliphatic carbocycles. The molecule has 1 nitrogen and oxygen atoms in total. The summed E-state index contributed by atoms with van der Waals surface area (Å²) in [6.45, 7) is 2.63. The summed E-state index contributed by atoms with van der Waals surface area (Å²) in [6.07, 6.45) is 14.0. The lowest BCUT2D eigenvalue weighted by Crippen LogP contribution is -2.40. The monoisotopic (exact) mass is 203 g/mol. The molecule has 0 aromatic carbocycles. The van der Waals surface area contributed by atoms with Crippen LogP contribution in [0.4, 0.5) is 0 Å². The largest absolute Gasteiger partial charge is 0.306 e. The quantitative estimate of drug-likeness (QED) is 0.585. The second-order valence-corrected chi connectivity index (χ2v) is 5.62. The summed E-state index contributed by atoms with van der Waals surface area (Å²) in [4.78, 5) is 2.49. The molecule has 0 aromatic rings. The number of hydrogen-bond donors (Lipinski definition) is 0. The molecule has 1 aliphatic heterocycles. The number of fused-ring (bicyclic) bond motifs is 2. The maximum atomic E-state index is 2.49. The van der Waals surface area contributed by atoms with Crippen LogP contribution >= 0.6 is 0 Å². The van der Waals surface area contributed by atoms with Crippen LogP contribution in [-0.2, 0) is 0 Å². The van der Waals surface area contributed by atoms with Gasteiger partial charge >= 0.3 is 0 Å². The van der Waals surface area contributed by atoms with Crippen molar-refractivity contribution < 1.29 is 0 Å². The standard InChI is InChI=1S/C14H21N/c1-15-10-8-14(9-11-15)7-6-12-4-2-3-5-13(12)14/h2-4,13H,5-11H2,1H3. The highest BCUT2D eigenvalue weighted by molar-refractivity contribution is 5.27. The Labute approximate surface area is 92.8 Å². The molecule has 1 atom stereocenters. The van der Waals surface area contributed by atoms with Crippen molar-refractivity contribution in [2.24, 2.45) is 11.3 Å². The molecule has 1 unspecified atom stereocenters. The van der Waals surface area contributed by atoms with E-state index >= 15 is 0 Å². The minimum absolute atomic E-state index is 0.684. The van der Waals surface area contributed by atoms with Crippen molar-refractivity contribution in [3.05, 3.63) is 23.8 Å². The van der Waals surface area contributed by atoms with Crippen molar-refractivity contribution in [1.82, 2.24) is 4.90 Å². The van der Waals surface area contributed by atoms with Gasteiger partial charge in [-0.3, -0.25) is 0 Å². The molecule has 1 saturated heterocycles. The summed E-state index contributed by atoms with van der Waals surface area (Å²) in [5, 5.41) is 0. The summed E-state index contributed by atoms with van der Waals surface area (Å²) in [7, 11) is 2.26. The third-order valence-corrected chi connectivity index (χ3v) is 4.90. The van der Waals surface area contributed by atoms with E-state index in [4.69, 9.17) is 0 Å². The van der Waals surface area contributed by atoms with Crippen molar-refractivity contribution in [2.45, 2.75) is 32.1 Å². The average Bonchev–Trinajstić information content (AvgIpc) is 2.63. The fourth-order valence-electron chi connectivity index (χ4n) is 3.80. The maximum Gasteiger partial charge on any atom is -0.00163 e. The van der Waals surface area contributed by atoms with Gasteiger partial charge in [-0.25, -0.2) is 0 Å². The fraction of sp³-hybridized carbons (Fsp3) is 0.714. The molecule has 2 fully saturated rings. The Balaban J connectivity index is 1.82. The van der Waals surface area contributed by atoms with Crippen LogP contribution in [0.3, 0.4) is 0 Å². The summed E-state index contributed by atoms with van der Waals surface area (Å²) < 4.78 is 0. The Morgan fingerprint density at radius 3 is 2.87 bits per heavy atom. The molecule has 0 N–H and O–H groups in total. The number of nitrogens with zero attached hydrogens (tertiary/aromatic N) is 1. The first-order valence-electron chi connectivity index (χ1n) is 6.34. The molecular weight excluding hydrogens is 182 g/mol. The first-order valence-corrected chi connectivity index (χ1v) is 6.34. The molecule has 0 amide bonds. The van der Waals surface area contributed by atoms with E-state index in [-0.39, 0.29) is 0 Å². The molecule has 1 heterocycles. The highest BCUT2D eigenvalue weighted by Crippen LogP contribution is 2.55. The van der Waals surface area contributed by atoms with Gasteiger partial charge < -0.3 is 4.90 Å². The van der Waals surface area contributed by atoms with Crippen molar-refractivity contribution in [2.75, 3.05) is 20.1 Å². The Morgan fingerprint density at radius 2 is 2.07 bits per heavy atom. The van der Waals surface area contributed by atoms with Crippen molar-refractivity contribution in [3.8, 4) is 0 Å². The van der Waals surface area contributed by atoms with Crippen LogP contribution in [0.15, 0.2) is 23.8 Å². The Hall–Kier alpha value is -0.560. The topological polar surface area (TPSA) is 3.24 Å². The molecule has 0 bridgehead atoms. The summed E-state index contributed by atoms with van der Waals surface area (Å²) in [6, 6.07) is 0. The van der Waals surface area contributed by atoms with E-state index in [1.54, 1.807) is 5.57 Å². The van der Waals surface area contributed by atoms with Gasteiger partial charge in [0.05, 0.1) is 0 Å². The zero-order valence-electron chi connectivity index (χ0n) is 9.71. The van der Waals surface area contributed by atoms with E-state index in [0.717, 1.165) is 5.92 Å². The number of piperidine rings is 1. The van der Waals surface area contributed by atoms with E-state index in [1.807, 2.05) is 0 Å². The zero-order valence-corrected chi connectivity index (χ0v) is 9.71. The molecule has 3 aliphatic rings. The van der Waals surface area contributed by atoms with Gasteiger partial charge in [0.25, 0.3) is 0 Å². The first kappa shape index (κ1) is 9.65. The van der Waals surface area contributed by atoms with Crippen LogP contribution in [0.5, 0.6) is 0 Å². The predicted octanol–water partition coefficient (Wildman–Crippen LogP) is 2.99. The fourth-order valence-corrected chi connectivity index (χ4v) is 3.80. The number of rotatable bonds is 0. The van der Waals surface area contributed by atoms with E-state index < -0.39 is 0 Å². The predicted molar refractivity (Wildman–Crippen MR) is 63.7 cm³/mol. The first-order chi connectivity index (χ1) is 7.30. The molecule has 15 heavy (non-hydrogen) atoms. The molecule has 0 aromatic heterocycles. The molecule has 1 spiro atoms. The Morgan fingerprint density at radius 1 is 1.27 bits per heavy atom. The van der Waals surface area contributed by atoms with Gasteiger partial charge in [0.2, 0.25) is 0 Å². The number of likely N-dealkylation sites (tertiary alicyclic amines) is 1. The highest BCUT2D eigenvalue weighted by atomic mass is 15.1. The third kappa shape index (κ3) is 1.48. The summed E-state index contributed by atoms with van der Waals surface area (Å²) in [5.74, 6) is 0.899. The lowest BCUT2D eigenvalue weighted by atomic mass is 9.68. The summed E-state index contributed by atoms with van der Waals surface area (Å²) in [5.41, 5.74) is 2.44. The van der Waals surface area contributed by atoms with Gasteiger partial charge in [-0.15, -0.1) is 0 Å².